The van der Waals surface area contributed by atoms with Gasteiger partial charge in [0.2, 0.25) is 0 Å². The first kappa shape index (κ1) is 15.7. The number of amides is 1. The first-order valence-corrected chi connectivity index (χ1v) is 7.13. The topological polar surface area (TPSA) is 52.6 Å². The Hall–Kier alpha value is -1.69. The Labute approximate surface area is 122 Å². The molecule has 21 heavy (non-hydrogen) atoms. The van der Waals surface area contributed by atoms with Crippen LogP contribution in [-0.4, -0.2) is 42.7 Å². The normalized spacial score (nSPS) is 18.7. The van der Waals surface area contributed by atoms with Gasteiger partial charge >= 0.3 is 0 Å². The van der Waals surface area contributed by atoms with Crippen molar-refractivity contribution in [2.75, 3.05) is 32.1 Å². The molecule has 1 fully saturated rings. The first-order chi connectivity index (χ1) is 10.1. The fourth-order valence-corrected chi connectivity index (χ4v) is 2.79. The predicted octanol–water partition coefficient (Wildman–Crippen LogP) is 2.24. The summed E-state index contributed by atoms with van der Waals surface area (Å²) in [5.74, 6) is -1.66. The summed E-state index contributed by atoms with van der Waals surface area (Å²) in [6.07, 6.45) is 2.45. The molecule has 2 N–H and O–H groups in total. The Balaban J connectivity index is 2.16. The lowest BCUT2D eigenvalue weighted by Crippen LogP contribution is -2.40. The van der Waals surface area contributed by atoms with E-state index in [0.29, 0.717) is 19.5 Å². The van der Waals surface area contributed by atoms with Crippen LogP contribution in [0.1, 0.15) is 29.6 Å². The van der Waals surface area contributed by atoms with Gasteiger partial charge in [0.15, 0.2) is 0 Å². The van der Waals surface area contributed by atoms with Crippen LogP contribution >= 0.6 is 0 Å². The van der Waals surface area contributed by atoms with Gasteiger partial charge in [-0.3, -0.25) is 4.79 Å². The number of piperidine rings is 1. The number of nitrogens with zero attached hydrogens (tertiary/aromatic N) is 1. The van der Waals surface area contributed by atoms with Crippen molar-refractivity contribution in [1.82, 2.24) is 4.90 Å². The molecule has 1 atom stereocenters. The van der Waals surface area contributed by atoms with E-state index in [9.17, 15) is 13.6 Å². The molecule has 2 rings (SSSR count). The van der Waals surface area contributed by atoms with E-state index in [1.54, 1.807) is 4.90 Å². The van der Waals surface area contributed by atoms with E-state index >= 15 is 0 Å². The smallest absolute Gasteiger partial charge is 0.254 e. The quantitative estimate of drug-likeness (QED) is 0.896. The van der Waals surface area contributed by atoms with Crippen LogP contribution in [-0.2, 0) is 0 Å². The Bertz CT molecular complexity index is 497. The average molecular weight is 298 g/mol. The maximum atomic E-state index is 13.7. The Morgan fingerprint density at radius 3 is 2.67 bits per heavy atom. The number of halogens is 2. The molecule has 1 aliphatic rings. The lowest BCUT2D eigenvalue weighted by molar-refractivity contribution is 0.0652. The second-order valence-corrected chi connectivity index (χ2v) is 5.34. The number of aliphatic hydroxyl groups is 1. The molecule has 0 aromatic heterocycles. The number of hydrogen-bond acceptors (Lipinski definition) is 3. The fraction of sp³-hybridized carbons (Fsp3) is 0.533. The Morgan fingerprint density at radius 1 is 1.43 bits per heavy atom. The molecule has 0 spiro atoms. The third-order valence-electron chi connectivity index (χ3n) is 3.88. The maximum absolute atomic E-state index is 13.7. The number of likely N-dealkylation sites (tertiary alicyclic amines) is 1. The highest BCUT2D eigenvalue weighted by atomic mass is 19.1. The number of anilines is 1. The molecule has 1 unspecified atom stereocenters. The first-order valence-electron chi connectivity index (χ1n) is 7.13. The van der Waals surface area contributed by atoms with Gasteiger partial charge in [-0.25, -0.2) is 8.78 Å². The van der Waals surface area contributed by atoms with Gasteiger partial charge < -0.3 is 15.3 Å². The third-order valence-corrected chi connectivity index (χ3v) is 3.88. The largest absolute Gasteiger partial charge is 0.396 e. The summed E-state index contributed by atoms with van der Waals surface area (Å²) in [6.45, 7) is 1.20. The molecule has 0 saturated carbocycles. The van der Waals surface area contributed by atoms with Crippen LogP contribution in [0.5, 0.6) is 0 Å². The van der Waals surface area contributed by atoms with E-state index in [0.717, 1.165) is 25.0 Å². The third kappa shape index (κ3) is 3.50. The average Bonchev–Trinajstić information content (AvgIpc) is 2.47. The van der Waals surface area contributed by atoms with Crippen LogP contribution in [0, 0.1) is 17.6 Å². The monoisotopic (exact) mass is 298 g/mol. The molecule has 0 bridgehead atoms. The second-order valence-electron chi connectivity index (χ2n) is 5.34. The summed E-state index contributed by atoms with van der Waals surface area (Å²) in [5, 5.41) is 11.4. The van der Waals surface area contributed by atoms with Crippen LogP contribution in [0.4, 0.5) is 14.5 Å². The number of hydrogen-bond donors (Lipinski definition) is 2. The highest BCUT2D eigenvalue weighted by molar-refractivity contribution is 5.94. The number of benzene rings is 1. The van der Waals surface area contributed by atoms with E-state index in [1.807, 2.05) is 0 Å². The molecule has 4 nitrogen and oxygen atoms in total. The lowest BCUT2D eigenvalue weighted by Gasteiger charge is -2.32. The van der Waals surface area contributed by atoms with Crippen molar-refractivity contribution in [3.05, 3.63) is 29.3 Å². The molecule has 1 aliphatic heterocycles. The highest BCUT2D eigenvalue weighted by Crippen LogP contribution is 2.24. The molecule has 0 radical (unpaired) electrons. The van der Waals surface area contributed by atoms with E-state index in [4.69, 9.17) is 5.11 Å². The van der Waals surface area contributed by atoms with Crippen LogP contribution in [0.25, 0.3) is 0 Å². The summed E-state index contributed by atoms with van der Waals surface area (Å²) >= 11 is 0. The summed E-state index contributed by atoms with van der Waals surface area (Å²) in [6, 6.07) is 2.12. The molecule has 1 aromatic rings. The van der Waals surface area contributed by atoms with Crippen molar-refractivity contribution in [3.8, 4) is 0 Å². The summed E-state index contributed by atoms with van der Waals surface area (Å²) in [7, 11) is 1.42. The molecule has 1 aromatic carbocycles. The summed E-state index contributed by atoms with van der Waals surface area (Å²) in [4.78, 5) is 14.0. The highest BCUT2D eigenvalue weighted by Gasteiger charge is 2.25. The standard InChI is InChI=1S/C15H20F2N2O2/c1-18-14-12(16)7-11(8-13(14)17)15(21)19-5-2-3-10(9-19)4-6-20/h7-8,10,18,20H,2-6,9H2,1H3. The van der Waals surface area contributed by atoms with Gasteiger partial charge in [0, 0.05) is 32.3 Å². The van der Waals surface area contributed by atoms with Crippen molar-refractivity contribution in [2.45, 2.75) is 19.3 Å². The molecule has 116 valence electrons. The maximum Gasteiger partial charge on any atom is 0.254 e. The van der Waals surface area contributed by atoms with Crippen molar-refractivity contribution < 1.29 is 18.7 Å². The number of rotatable bonds is 4. The van der Waals surface area contributed by atoms with Crippen LogP contribution in [0.3, 0.4) is 0 Å². The van der Waals surface area contributed by atoms with Crippen LogP contribution in [0.15, 0.2) is 12.1 Å². The Morgan fingerprint density at radius 2 is 2.10 bits per heavy atom. The molecule has 1 saturated heterocycles. The van der Waals surface area contributed by atoms with Crippen LogP contribution < -0.4 is 5.32 Å². The minimum absolute atomic E-state index is 0.0219. The van der Waals surface area contributed by atoms with Gasteiger partial charge in [0.05, 0.1) is 0 Å². The summed E-state index contributed by atoms with van der Waals surface area (Å²) < 4.78 is 27.5. The zero-order valence-corrected chi connectivity index (χ0v) is 12.0. The van der Waals surface area contributed by atoms with Gasteiger partial charge in [-0.2, -0.15) is 0 Å². The molecular formula is C15H20F2N2O2. The van der Waals surface area contributed by atoms with Crippen molar-refractivity contribution in [1.29, 1.82) is 0 Å². The van der Waals surface area contributed by atoms with Crippen molar-refractivity contribution in [3.63, 3.8) is 0 Å². The van der Waals surface area contributed by atoms with Crippen LogP contribution in [0.2, 0.25) is 0 Å². The number of nitrogens with one attached hydrogen (secondary N) is 1. The zero-order valence-electron chi connectivity index (χ0n) is 12.0. The molecule has 1 heterocycles. The van der Waals surface area contributed by atoms with Gasteiger partial charge in [0.1, 0.15) is 17.3 Å². The fourth-order valence-electron chi connectivity index (χ4n) is 2.79. The molecule has 6 heteroatoms. The van der Waals surface area contributed by atoms with E-state index in [2.05, 4.69) is 5.32 Å². The lowest BCUT2D eigenvalue weighted by atomic mass is 9.94. The van der Waals surface area contributed by atoms with Gasteiger partial charge in [-0.15, -0.1) is 0 Å². The zero-order chi connectivity index (χ0) is 15.4. The molecular weight excluding hydrogens is 278 g/mol. The number of carbonyl (C=O) groups excluding carboxylic acids is 1. The molecule has 1 amide bonds. The van der Waals surface area contributed by atoms with Gasteiger partial charge in [0.25, 0.3) is 5.91 Å². The minimum atomic E-state index is -0.773. The number of aliphatic hydroxyl groups excluding tert-OH is 1. The van der Waals surface area contributed by atoms with E-state index < -0.39 is 11.6 Å². The Kier molecular flexibility index (Phi) is 5.12. The van der Waals surface area contributed by atoms with E-state index in [1.165, 1.54) is 7.05 Å². The number of carbonyl (C=O) groups is 1. The molecule has 0 aliphatic carbocycles. The second kappa shape index (κ2) is 6.85. The predicted molar refractivity (Wildman–Crippen MR) is 76.2 cm³/mol. The van der Waals surface area contributed by atoms with Crippen molar-refractivity contribution >= 4 is 11.6 Å². The van der Waals surface area contributed by atoms with Gasteiger partial charge in [-0.1, -0.05) is 0 Å². The van der Waals surface area contributed by atoms with E-state index in [-0.39, 0.29) is 29.7 Å². The van der Waals surface area contributed by atoms with Gasteiger partial charge in [-0.05, 0) is 37.3 Å². The summed E-state index contributed by atoms with van der Waals surface area (Å²) in [5.41, 5.74) is -0.211. The minimum Gasteiger partial charge on any atom is -0.396 e. The van der Waals surface area contributed by atoms with Crippen molar-refractivity contribution in [2.24, 2.45) is 5.92 Å². The SMILES string of the molecule is CNc1c(F)cc(C(=O)N2CCCC(CCO)C2)cc1F.